The number of halogens is 1. The molecule has 6 aliphatic rings. The van der Waals surface area contributed by atoms with Gasteiger partial charge in [-0.25, -0.2) is 0 Å². The summed E-state index contributed by atoms with van der Waals surface area (Å²) in [4.78, 5) is 27.2. The highest BCUT2D eigenvalue weighted by atomic mass is 35.5. The van der Waals surface area contributed by atoms with E-state index in [1.807, 2.05) is 11.9 Å². The van der Waals surface area contributed by atoms with Gasteiger partial charge in [0.2, 0.25) is 11.8 Å². The Hall–Kier alpha value is -0.810. The van der Waals surface area contributed by atoms with Crippen LogP contribution in [0.5, 0.6) is 0 Å². The van der Waals surface area contributed by atoms with Gasteiger partial charge in [-0.05, 0) is 87.4 Å². The lowest BCUT2D eigenvalue weighted by Gasteiger charge is -2.56. The van der Waals surface area contributed by atoms with Crippen LogP contribution in [-0.4, -0.2) is 48.4 Å². The van der Waals surface area contributed by atoms with Gasteiger partial charge in [0.1, 0.15) is 0 Å². The van der Waals surface area contributed by atoms with E-state index in [1.165, 1.54) is 51.4 Å². The van der Waals surface area contributed by atoms with Crippen molar-refractivity contribution < 1.29 is 9.59 Å². The molecule has 2 unspecified atom stereocenters. The molecule has 2 atom stereocenters. The Bertz CT molecular complexity index is 578. The molecule has 4 aliphatic carbocycles. The van der Waals surface area contributed by atoms with Gasteiger partial charge >= 0.3 is 0 Å². The number of amides is 2. The van der Waals surface area contributed by atoms with Crippen LogP contribution in [0, 0.1) is 23.2 Å². The van der Waals surface area contributed by atoms with Gasteiger partial charge in [0.15, 0.2) is 0 Å². The summed E-state index contributed by atoms with van der Waals surface area (Å²) in [6, 6.07) is 1.49. The Kier molecular flexibility index (Phi) is 5.69. The summed E-state index contributed by atoms with van der Waals surface area (Å²) >= 11 is 0. The van der Waals surface area contributed by atoms with Crippen molar-refractivity contribution in [3.63, 3.8) is 0 Å². The molecule has 2 saturated heterocycles. The van der Waals surface area contributed by atoms with E-state index in [2.05, 4.69) is 10.6 Å². The Morgan fingerprint density at radius 3 is 2.04 bits per heavy atom. The van der Waals surface area contributed by atoms with Crippen LogP contribution in [0.4, 0.5) is 0 Å². The zero-order valence-corrected chi connectivity index (χ0v) is 17.9. The topological polar surface area (TPSA) is 61.4 Å². The lowest BCUT2D eigenvalue weighted by atomic mass is 9.49. The first kappa shape index (κ1) is 20.5. The van der Waals surface area contributed by atoms with Crippen LogP contribution in [-0.2, 0) is 9.59 Å². The molecule has 158 valence electrons. The molecule has 0 radical (unpaired) electrons. The van der Waals surface area contributed by atoms with Crippen molar-refractivity contribution in [1.82, 2.24) is 15.5 Å². The number of carbonyl (C=O) groups excluding carboxylic acids is 2. The van der Waals surface area contributed by atoms with Gasteiger partial charge in [0, 0.05) is 31.6 Å². The smallest absolute Gasteiger partial charge is 0.241 e. The predicted molar refractivity (Wildman–Crippen MR) is 111 cm³/mol. The zero-order valence-electron chi connectivity index (χ0n) is 17.1. The summed E-state index contributed by atoms with van der Waals surface area (Å²) in [5.41, 5.74) is 0.252. The van der Waals surface area contributed by atoms with Crippen LogP contribution in [0.1, 0.15) is 70.6 Å². The molecule has 2 aliphatic heterocycles. The van der Waals surface area contributed by atoms with Crippen molar-refractivity contribution in [3.8, 4) is 0 Å². The minimum Gasteiger partial charge on any atom is -0.347 e. The molecule has 4 saturated carbocycles. The van der Waals surface area contributed by atoms with Crippen molar-refractivity contribution in [2.75, 3.05) is 13.6 Å². The number of fused-ring (bicyclic) bond motifs is 2. The summed E-state index contributed by atoms with van der Waals surface area (Å²) in [6.07, 6.45) is 13.2. The van der Waals surface area contributed by atoms with Crippen LogP contribution in [0.3, 0.4) is 0 Å². The maximum atomic E-state index is 12.7. The first-order valence-electron chi connectivity index (χ1n) is 11.3. The number of nitrogens with zero attached hydrogens (tertiary/aromatic N) is 1. The molecule has 2 amide bonds. The molecule has 0 spiro atoms. The van der Waals surface area contributed by atoms with E-state index in [9.17, 15) is 9.59 Å². The standard InChI is InChI=1S/C22H35N3O2.ClH/c1-25(19-7-17-2-3-18(8-19)24-17)21(27)13-23-20(26)12-22-9-14-4-15(10-22)6-16(5-14)11-22;/h14-19,24H,2-13H2,1H3,(H,23,26);1H. The molecule has 28 heavy (non-hydrogen) atoms. The van der Waals surface area contributed by atoms with Crippen LogP contribution < -0.4 is 10.6 Å². The molecule has 6 rings (SSSR count). The fourth-order valence-electron chi connectivity index (χ4n) is 7.76. The highest BCUT2D eigenvalue weighted by Gasteiger charge is 2.51. The van der Waals surface area contributed by atoms with E-state index in [4.69, 9.17) is 0 Å². The number of carbonyl (C=O) groups is 2. The molecular weight excluding hydrogens is 374 g/mol. The second-order valence-corrected chi connectivity index (χ2v) is 10.6. The summed E-state index contributed by atoms with van der Waals surface area (Å²) in [5.74, 6) is 2.77. The number of hydrogen-bond donors (Lipinski definition) is 2. The molecule has 2 N–H and O–H groups in total. The third-order valence-corrected chi connectivity index (χ3v) is 8.53. The van der Waals surface area contributed by atoms with Gasteiger partial charge in [0.05, 0.1) is 6.54 Å². The second-order valence-electron chi connectivity index (χ2n) is 10.6. The van der Waals surface area contributed by atoms with E-state index < -0.39 is 0 Å². The lowest BCUT2D eigenvalue weighted by molar-refractivity contribution is -0.136. The first-order chi connectivity index (χ1) is 13.0. The van der Waals surface area contributed by atoms with Crippen LogP contribution >= 0.6 is 12.4 Å². The molecule has 0 aromatic heterocycles. The third-order valence-electron chi connectivity index (χ3n) is 8.53. The summed E-state index contributed by atoms with van der Waals surface area (Å²) in [5, 5.41) is 6.60. The average molecular weight is 410 g/mol. The molecule has 6 heteroatoms. The maximum absolute atomic E-state index is 12.7. The van der Waals surface area contributed by atoms with Crippen molar-refractivity contribution in [2.24, 2.45) is 23.2 Å². The molecule has 0 aromatic rings. The SMILES string of the molecule is CN(C(=O)CNC(=O)CC12CC3CC(CC(C3)C1)C2)C1CC2CCC(C1)N2.Cl. The molecule has 5 nitrogen and oxygen atoms in total. The molecule has 0 aromatic carbocycles. The minimum atomic E-state index is 0. The van der Waals surface area contributed by atoms with E-state index in [0.29, 0.717) is 24.5 Å². The van der Waals surface area contributed by atoms with Gasteiger partial charge in [-0.2, -0.15) is 0 Å². The quantitative estimate of drug-likeness (QED) is 0.733. The fraction of sp³-hybridized carbons (Fsp3) is 0.909. The van der Waals surface area contributed by atoms with E-state index in [0.717, 1.165) is 30.6 Å². The Balaban J connectivity index is 0.00000192. The highest BCUT2D eigenvalue weighted by molar-refractivity contribution is 5.85. The Labute approximate surface area is 175 Å². The molecule has 6 fully saturated rings. The van der Waals surface area contributed by atoms with Gasteiger partial charge in [-0.15, -0.1) is 12.4 Å². The number of piperidine rings is 1. The van der Waals surface area contributed by atoms with Gasteiger partial charge in [0.25, 0.3) is 0 Å². The molecule has 2 heterocycles. The van der Waals surface area contributed by atoms with Crippen molar-refractivity contribution >= 4 is 24.2 Å². The summed E-state index contributed by atoms with van der Waals surface area (Å²) < 4.78 is 0. The number of likely N-dealkylation sites (N-methyl/N-ethyl adjacent to an activating group) is 1. The van der Waals surface area contributed by atoms with Crippen LogP contribution in [0.2, 0.25) is 0 Å². The average Bonchev–Trinajstić information content (AvgIpc) is 2.95. The summed E-state index contributed by atoms with van der Waals surface area (Å²) in [6.45, 7) is 0.168. The van der Waals surface area contributed by atoms with E-state index in [-0.39, 0.29) is 36.2 Å². The highest BCUT2D eigenvalue weighted by Crippen LogP contribution is 2.61. The van der Waals surface area contributed by atoms with Crippen LogP contribution in [0.15, 0.2) is 0 Å². The van der Waals surface area contributed by atoms with E-state index in [1.54, 1.807) is 0 Å². The monoisotopic (exact) mass is 409 g/mol. The normalized spacial score (nSPS) is 42.8. The van der Waals surface area contributed by atoms with Gasteiger partial charge < -0.3 is 15.5 Å². The molecular formula is C22H36ClN3O2. The Morgan fingerprint density at radius 2 is 1.50 bits per heavy atom. The number of hydrogen-bond acceptors (Lipinski definition) is 3. The number of nitrogens with one attached hydrogen (secondary N) is 2. The van der Waals surface area contributed by atoms with Crippen molar-refractivity contribution in [3.05, 3.63) is 0 Å². The number of rotatable bonds is 5. The summed E-state index contributed by atoms with van der Waals surface area (Å²) in [7, 11) is 1.92. The first-order valence-corrected chi connectivity index (χ1v) is 11.3. The lowest BCUT2D eigenvalue weighted by Crippen LogP contribution is -2.51. The van der Waals surface area contributed by atoms with E-state index >= 15 is 0 Å². The predicted octanol–water partition coefficient (Wildman–Crippen LogP) is 2.87. The minimum absolute atomic E-state index is 0. The zero-order chi connectivity index (χ0) is 18.6. The van der Waals surface area contributed by atoms with Gasteiger partial charge in [-0.3, -0.25) is 9.59 Å². The second kappa shape index (κ2) is 7.79. The van der Waals surface area contributed by atoms with Crippen molar-refractivity contribution in [2.45, 2.75) is 88.8 Å². The maximum Gasteiger partial charge on any atom is 0.241 e. The molecule has 6 bridgehead atoms. The Morgan fingerprint density at radius 1 is 0.964 bits per heavy atom. The van der Waals surface area contributed by atoms with Crippen LogP contribution in [0.25, 0.3) is 0 Å². The van der Waals surface area contributed by atoms with Gasteiger partial charge in [-0.1, -0.05) is 0 Å². The fourth-order valence-corrected chi connectivity index (χ4v) is 7.76. The van der Waals surface area contributed by atoms with Crippen molar-refractivity contribution in [1.29, 1.82) is 0 Å². The largest absolute Gasteiger partial charge is 0.347 e. The third kappa shape index (κ3) is 3.94.